The topological polar surface area (TPSA) is 0 Å². The number of hydrogen-bond donors (Lipinski definition) is 0. The Morgan fingerprint density at radius 1 is 0.500 bits per heavy atom. The molecule has 3 aliphatic rings. The van der Waals surface area contributed by atoms with Gasteiger partial charge in [-0.3, -0.25) is 0 Å². The molecule has 0 bridgehead atoms. The van der Waals surface area contributed by atoms with E-state index in [1.165, 1.54) is 42.4 Å². The van der Waals surface area contributed by atoms with E-state index in [-0.39, 0.29) is 5.41 Å². The molecule has 160 valence electrons. The average Bonchev–Trinajstić information content (AvgIpc) is 3.22. The second kappa shape index (κ2) is 8.24. The highest BCUT2D eigenvalue weighted by Crippen LogP contribution is 2.63. The molecule has 0 heterocycles. The van der Waals surface area contributed by atoms with Gasteiger partial charge in [0.15, 0.2) is 0 Å². The van der Waals surface area contributed by atoms with Crippen LogP contribution in [0, 0.1) is 29.6 Å². The van der Waals surface area contributed by atoms with Crippen molar-refractivity contribution in [2.24, 2.45) is 29.6 Å². The summed E-state index contributed by atoms with van der Waals surface area (Å²) in [5.41, 5.74) is 4.17. The van der Waals surface area contributed by atoms with Crippen molar-refractivity contribution < 1.29 is 0 Å². The van der Waals surface area contributed by atoms with Gasteiger partial charge in [0.2, 0.25) is 0 Å². The van der Waals surface area contributed by atoms with Crippen molar-refractivity contribution in [2.45, 2.75) is 31.1 Å². The summed E-state index contributed by atoms with van der Waals surface area (Å²) >= 11 is 0. The monoisotopic (exact) mass is 416 g/mol. The van der Waals surface area contributed by atoms with Gasteiger partial charge in [-0.2, -0.15) is 0 Å². The van der Waals surface area contributed by atoms with Crippen molar-refractivity contribution in [3.8, 4) is 0 Å². The number of rotatable bonds is 4. The normalized spacial score (nSPS) is 28.8. The largest absolute Gasteiger partial charge is 0.0805 e. The highest BCUT2D eigenvalue weighted by molar-refractivity contribution is 5.53. The smallest absolute Gasteiger partial charge is 0.0487 e. The Morgan fingerprint density at radius 3 is 1.44 bits per heavy atom. The van der Waals surface area contributed by atoms with Gasteiger partial charge in [0.05, 0.1) is 0 Å². The van der Waals surface area contributed by atoms with E-state index in [0.29, 0.717) is 17.8 Å². The van der Waals surface area contributed by atoms with Gasteiger partial charge in [0, 0.05) is 5.41 Å². The van der Waals surface area contributed by atoms with Crippen molar-refractivity contribution >= 4 is 0 Å². The number of hydrogen-bond acceptors (Lipinski definition) is 0. The molecule has 2 saturated carbocycles. The van der Waals surface area contributed by atoms with Crippen LogP contribution in [0.15, 0.2) is 115 Å². The fourth-order valence-corrected chi connectivity index (χ4v) is 7.62. The molecule has 2 fully saturated rings. The molecule has 0 spiro atoms. The van der Waals surface area contributed by atoms with Crippen LogP contribution in [0.3, 0.4) is 0 Å². The first-order chi connectivity index (χ1) is 15.9. The first-order valence-electron chi connectivity index (χ1n) is 12.4. The minimum atomic E-state index is -0.154. The molecule has 6 rings (SSSR count). The molecule has 0 heteroatoms. The summed E-state index contributed by atoms with van der Waals surface area (Å²) in [5.74, 6) is 3.34. The summed E-state index contributed by atoms with van der Waals surface area (Å²) in [4.78, 5) is 0. The highest BCUT2D eigenvalue weighted by atomic mass is 14.6. The quantitative estimate of drug-likeness (QED) is 0.380. The molecule has 32 heavy (non-hydrogen) atoms. The maximum atomic E-state index is 2.55. The third-order valence-corrected chi connectivity index (χ3v) is 8.65. The third-order valence-electron chi connectivity index (χ3n) is 8.65. The van der Waals surface area contributed by atoms with Crippen LogP contribution in [-0.2, 0) is 5.41 Å². The van der Waals surface area contributed by atoms with Crippen LogP contribution in [0.2, 0.25) is 0 Å². The van der Waals surface area contributed by atoms with E-state index < -0.39 is 0 Å². The molecule has 5 atom stereocenters. The Morgan fingerprint density at radius 2 is 0.938 bits per heavy atom. The van der Waals surface area contributed by atoms with Gasteiger partial charge in [-0.1, -0.05) is 128 Å². The Labute approximate surface area is 192 Å². The van der Waals surface area contributed by atoms with Gasteiger partial charge in [0.1, 0.15) is 0 Å². The van der Waals surface area contributed by atoms with E-state index in [1.807, 2.05) is 0 Å². The molecule has 0 aliphatic heterocycles. The zero-order valence-electron chi connectivity index (χ0n) is 18.7. The number of fused-ring (bicyclic) bond motifs is 3. The Balaban J connectivity index is 1.67. The van der Waals surface area contributed by atoms with Crippen LogP contribution in [0.1, 0.15) is 42.4 Å². The highest BCUT2D eigenvalue weighted by Gasteiger charge is 2.58. The van der Waals surface area contributed by atoms with Gasteiger partial charge in [0.25, 0.3) is 0 Å². The molecule has 5 unspecified atom stereocenters. The predicted octanol–water partition coefficient (Wildman–Crippen LogP) is 7.82. The molecule has 3 aliphatic carbocycles. The SMILES string of the molecule is C1=CC2C(C=C1)C(C(c1ccccc1)(c1ccccc1)c1ccccc1)C1CCCCC21. The lowest BCUT2D eigenvalue weighted by molar-refractivity contribution is 0.176. The van der Waals surface area contributed by atoms with E-state index in [2.05, 4.69) is 115 Å². The molecule has 0 saturated heterocycles. The van der Waals surface area contributed by atoms with E-state index in [0.717, 1.165) is 11.8 Å². The van der Waals surface area contributed by atoms with E-state index in [9.17, 15) is 0 Å². The lowest BCUT2D eigenvalue weighted by atomic mass is 9.55. The van der Waals surface area contributed by atoms with Gasteiger partial charge >= 0.3 is 0 Å². The molecular formula is C32H32. The minimum absolute atomic E-state index is 0.154. The maximum absolute atomic E-state index is 2.55. The van der Waals surface area contributed by atoms with E-state index in [4.69, 9.17) is 0 Å². The molecule has 3 aromatic rings. The second-order valence-corrected chi connectivity index (χ2v) is 9.97. The fraction of sp³-hybridized carbons (Fsp3) is 0.312. The van der Waals surface area contributed by atoms with Gasteiger partial charge in [-0.15, -0.1) is 0 Å². The molecule has 0 aromatic heterocycles. The summed E-state index contributed by atoms with van der Waals surface area (Å²) in [5, 5.41) is 0. The second-order valence-electron chi connectivity index (χ2n) is 9.97. The van der Waals surface area contributed by atoms with Crippen LogP contribution in [0.5, 0.6) is 0 Å². The Kier molecular flexibility index (Phi) is 5.10. The molecule has 0 nitrogen and oxygen atoms in total. The molecule has 0 N–H and O–H groups in total. The van der Waals surface area contributed by atoms with Crippen molar-refractivity contribution in [3.63, 3.8) is 0 Å². The summed E-state index contributed by atoms with van der Waals surface area (Å²) in [6, 6.07) is 34.2. The van der Waals surface area contributed by atoms with Gasteiger partial charge in [-0.25, -0.2) is 0 Å². The standard InChI is InChI=1S/C32H32/c1-4-14-24(15-5-1)32(25-16-6-2-7-17-25,26-18-8-3-9-19-26)31-29-22-12-10-20-27(29)28-21-11-13-23-30(28)31/h1-10,12,14-20,22,27-31H,11,13,21,23H2. The summed E-state index contributed by atoms with van der Waals surface area (Å²) < 4.78 is 0. The number of allylic oxidation sites excluding steroid dienone is 4. The Bertz CT molecular complexity index is 996. The molecule has 0 amide bonds. The van der Waals surface area contributed by atoms with Crippen LogP contribution >= 0.6 is 0 Å². The zero-order valence-corrected chi connectivity index (χ0v) is 18.7. The van der Waals surface area contributed by atoms with Crippen molar-refractivity contribution in [1.82, 2.24) is 0 Å². The average molecular weight is 417 g/mol. The van der Waals surface area contributed by atoms with Crippen LogP contribution in [0.25, 0.3) is 0 Å². The van der Waals surface area contributed by atoms with Gasteiger partial charge < -0.3 is 0 Å². The fourth-order valence-electron chi connectivity index (χ4n) is 7.62. The van der Waals surface area contributed by atoms with Crippen LogP contribution in [0.4, 0.5) is 0 Å². The zero-order chi connectivity index (χ0) is 21.4. The van der Waals surface area contributed by atoms with Crippen molar-refractivity contribution in [2.75, 3.05) is 0 Å². The van der Waals surface area contributed by atoms with Gasteiger partial charge in [-0.05, 0) is 59.1 Å². The third kappa shape index (κ3) is 2.96. The Hall–Kier alpha value is -2.86. The number of benzene rings is 3. The van der Waals surface area contributed by atoms with Crippen molar-refractivity contribution in [1.29, 1.82) is 0 Å². The minimum Gasteiger partial charge on any atom is -0.0805 e. The molecule has 0 radical (unpaired) electrons. The lowest BCUT2D eigenvalue weighted by Crippen LogP contribution is -2.43. The maximum Gasteiger partial charge on any atom is 0.0487 e. The first kappa shape index (κ1) is 19.8. The van der Waals surface area contributed by atoms with Crippen molar-refractivity contribution in [3.05, 3.63) is 132 Å². The first-order valence-corrected chi connectivity index (χ1v) is 12.4. The van der Waals surface area contributed by atoms with Crippen LogP contribution in [-0.4, -0.2) is 0 Å². The molecular weight excluding hydrogens is 384 g/mol. The van der Waals surface area contributed by atoms with Crippen LogP contribution < -0.4 is 0 Å². The summed E-state index contributed by atoms with van der Waals surface area (Å²) in [7, 11) is 0. The van der Waals surface area contributed by atoms with E-state index in [1.54, 1.807) is 0 Å². The predicted molar refractivity (Wildman–Crippen MR) is 133 cm³/mol. The van der Waals surface area contributed by atoms with E-state index >= 15 is 0 Å². The molecule has 3 aromatic carbocycles. The summed E-state index contributed by atoms with van der Waals surface area (Å²) in [6.07, 6.45) is 15.2. The summed E-state index contributed by atoms with van der Waals surface area (Å²) in [6.45, 7) is 0. The lowest BCUT2D eigenvalue weighted by Gasteiger charge is -2.47.